The predicted molar refractivity (Wildman–Crippen MR) is 162 cm³/mol. The molecule has 0 heterocycles. The van der Waals surface area contributed by atoms with E-state index in [1.54, 1.807) is 49.4 Å². The summed E-state index contributed by atoms with van der Waals surface area (Å²) < 4.78 is 28.8. The number of sulfonamides is 1. The lowest BCUT2D eigenvalue weighted by atomic mass is 10.1. The molecule has 3 aromatic rings. The van der Waals surface area contributed by atoms with Crippen molar-refractivity contribution in [3.8, 4) is 0 Å². The molecule has 214 valence electrons. The molecule has 0 saturated carbocycles. The van der Waals surface area contributed by atoms with E-state index in [4.69, 9.17) is 34.8 Å². The molecule has 3 aromatic carbocycles. The molecule has 40 heavy (non-hydrogen) atoms. The van der Waals surface area contributed by atoms with Gasteiger partial charge in [0.25, 0.3) is 10.0 Å². The minimum Gasteiger partial charge on any atom is -0.352 e. The molecule has 11 heteroatoms. The summed E-state index contributed by atoms with van der Waals surface area (Å²) in [6, 6.07) is 16.7. The second kappa shape index (κ2) is 13.7. The standard InChI is InChI=1S/C29H32Cl3N3O4S/c1-5-20(3)33-29(37)21(4)34(17-22-11-13-23(30)14-12-22)27(36)18-35(26-8-6-7-25(31)28(26)32)40(38,39)24-15-9-19(2)10-16-24/h6-16,20-21H,5,17-18H2,1-4H3,(H,33,37)/t20-,21+/m1/s1. The molecule has 0 aliphatic carbocycles. The van der Waals surface area contributed by atoms with Crippen LogP contribution in [0, 0.1) is 6.92 Å². The SMILES string of the molecule is CC[C@@H](C)NC(=O)[C@H](C)N(Cc1ccc(Cl)cc1)C(=O)CN(c1cccc(Cl)c1Cl)S(=O)(=O)c1ccc(C)cc1. The molecule has 0 aliphatic heterocycles. The van der Waals surface area contributed by atoms with Gasteiger partial charge in [0.1, 0.15) is 12.6 Å². The number of carbonyl (C=O) groups excluding carboxylic acids is 2. The Bertz CT molecular complexity index is 1450. The number of hydrogen-bond acceptors (Lipinski definition) is 4. The summed E-state index contributed by atoms with van der Waals surface area (Å²) in [6.07, 6.45) is 0.708. The average molecular weight is 625 g/mol. The Morgan fingerprint density at radius 2 is 1.55 bits per heavy atom. The summed E-state index contributed by atoms with van der Waals surface area (Å²) in [5.41, 5.74) is 1.64. The number of carbonyl (C=O) groups is 2. The highest BCUT2D eigenvalue weighted by molar-refractivity contribution is 7.92. The summed E-state index contributed by atoms with van der Waals surface area (Å²) in [6.45, 7) is 6.68. The van der Waals surface area contributed by atoms with Crippen molar-refractivity contribution < 1.29 is 18.0 Å². The number of nitrogens with zero attached hydrogens (tertiary/aromatic N) is 2. The van der Waals surface area contributed by atoms with Crippen molar-refractivity contribution in [3.63, 3.8) is 0 Å². The molecule has 2 amide bonds. The minimum atomic E-state index is -4.26. The van der Waals surface area contributed by atoms with Crippen molar-refractivity contribution >= 4 is 62.3 Å². The van der Waals surface area contributed by atoms with Crippen molar-refractivity contribution in [2.75, 3.05) is 10.8 Å². The topological polar surface area (TPSA) is 86.8 Å². The molecule has 0 aromatic heterocycles. The second-order valence-electron chi connectivity index (χ2n) is 9.54. The van der Waals surface area contributed by atoms with Crippen LogP contribution in [0.5, 0.6) is 0 Å². The lowest BCUT2D eigenvalue weighted by molar-refractivity contribution is -0.139. The molecular formula is C29H32Cl3N3O4S. The monoisotopic (exact) mass is 623 g/mol. The molecule has 0 spiro atoms. The first kappa shape index (κ1) is 31.7. The molecule has 0 fully saturated rings. The van der Waals surface area contributed by atoms with Crippen LogP contribution in [-0.2, 0) is 26.2 Å². The van der Waals surface area contributed by atoms with Crippen molar-refractivity contribution in [2.45, 2.75) is 57.6 Å². The fourth-order valence-corrected chi connectivity index (χ4v) is 5.87. The highest BCUT2D eigenvalue weighted by Crippen LogP contribution is 2.35. The summed E-state index contributed by atoms with van der Waals surface area (Å²) in [4.78, 5) is 28.4. The van der Waals surface area contributed by atoms with Gasteiger partial charge in [-0.15, -0.1) is 0 Å². The summed E-state index contributed by atoms with van der Waals surface area (Å²) in [7, 11) is -4.26. The van der Waals surface area contributed by atoms with E-state index in [0.717, 1.165) is 15.4 Å². The maximum Gasteiger partial charge on any atom is 0.264 e. The Morgan fingerprint density at radius 1 is 0.925 bits per heavy atom. The Labute approximate surface area is 251 Å². The van der Waals surface area contributed by atoms with E-state index in [9.17, 15) is 18.0 Å². The van der Waals surface area contributed by atoms with E-state index in [-0.39, 0.29) is 39.1 Å². The Hall–Kier alpha value is -2.78. The number of halogens is 3. The van der Waals surface area contributed by atoms with Gasteiger partial charge in [-0.1, -0.05) is 77.6 Å². The van der Waals surface area contributed by atoms with E-state index < -0.39 is 28.5 Å². The number of hydrogen-bond donors (Lipinski definition) is 1. The third-order valence-corrected chi connectivity index (χ3v) is 9.36. The van der Waals surface area contributed by atoms with Crippen LogP contribution in [0.15, 0.2) is 71.6 Å². The number of amides is 2. The van der Waals surface area contributed by atoms with Gasteiger partial charge in [0.15, 0.2) is 0 Å². The molecule has 7 nitrogen and oxygen atoms in total. The molecule has 0 saturated heterocycles. The van der Waals surface area contributed by atoms with Crippen LogP contribution in [0.4, 0.5) is 5.69 Å². The Balaban J connectivity index is 2.06. The Morgan fingerprint density at radius 3 is 2.15 bits per heavy atom. The fraction of sp³-hybridized carbons (Fsp3) is 0.310. The fourth-order valence-electron chi connectivity index (χ4n) is 3.87. The van der Waals surface area contributed by atoms with Gasteiger partial charge in [-0.3, -0.25) is 13.9 Å². The van der Waals surface area contributed by atoms with Gasteiger partial charge < -0.3 is 10.2 Å². The number of anilines is 1. The first-order chi connectivity index (χ1) is 18.8. The molecule has 0 aliphatic rings. The minimum absolute atomic E-state index is 0.0144. The number of nitrogens with one attached hydrogen (secondary N) is 1. The molecule has 1 N–H and O–H groups in total. The van der Waals surface area contributed by atoms with Crippen LogP contribution in [0.1, 0.15) is 38.3 Å². The van der Waals surface area contributed by atoms with E-state index in [0.29, 0.717) is 11.4 Å². The van der Waals surface area contributed by atoms with E-state index in [1.807, 2.05) is 20.8 Å². The Kier molecular flexibility index (Phi) is 10.9. The van der Waals surface area contributed by atoms with Crippen molar-refractivity contribution in [1.29, 1.82) is 0 Å². The van der Waals surface area contributed by atoms with E-state index >= 15 is 0 Å². The van der Waals surface area contributed by atoms with Crippen LogP contribution >= 0.6 is 34.8 Å². The van der Waals surface area contributed by atoms with Gasteiger partial charge >= 0.3 is 0 Å². The van der Waals surface area contributed by atoms with Crippen molar-refractivity contribution in [1.82, 2.24) is 10.2 Å². The summed E-state index contributed by atoms with van der Waals surface area (Å²) in [5.74, 6) is -0.959. The zero-order chi connectivity index (χ0) is 29.6. The lowest BCUT2D eigenvalue weighted by Gasteiger charge is -2.32. The molecule has 0 unspecified atom stereocenters. The first-order valence-corrected chi connectivity index (χ1v) is 15.3. The van der Waals surface area contributed by atoms with Crippen molar-refractivity contribution in [2.24, 2.45) is 0 Å². The number of aryl methyl sites for hydroxylation is 1. The molecule has 2 atom stereocenters. The normalized spacial score (nSPS) is 12.9. The van der Waals surface area contributed by atoms with Crippen LogP contribution < -0.4 is 9.62 Å². The van der Waals surface area contributed by atoms with Gasteiger partial charge in [-0.25, -0.2) is 8.42 Å². The van der Waals surface area contributed by atoms with Gasteiger partial charge in [-0.05, 0) is 69.2 Å². The number of rotatable bonds is 11. The molecule has 3 rings (SSSR count). The zero-order valence-electron chi connectivity index (χ0n) is 22.7. The van der Waals surface area contributed by atoms with Crippen LogP contribution in [0.3, 0.4) is 0 Å². The van der Waals surface area contributed by atoms with Gasteiger partial charge in [0.2, 0.25) is 11.8 Å². The second-order valence-corrected chi connectivity index (χ2v) is 12.6. The van der Waals surface area contributed by atoms with E-state index in [1.165, 1.54) is 29.2 Å². The quantitative estimate of drug-likeness (QED) is 0.265. The maximum absolute atomic E-state index is 14.0. The summed E-state index contributed by atoms with van der Waals surface area (Å²) in [5, 5.41) is 3.54. The molecule has 0 bridgehead atoms. The van der Waals surface area contributed by atoms with Crippen LogP contribution in [-0.4, -0.2) is 43.8 Å². The largest absolute Gasteiger partial charge is 0.352 e. The van der Waals surface area contributed by atoms with E-state index in [2.05, 4.69) is 5.32 Å². The van der Waals surface area contributed by atoms with Gasteiger partial charge in [-0.2, -0.15) is 0 Å². The highest BCUT2D eigenvalue weighted by Gasteiger charge is 2.34. The first-order valence-electron chi connectivity index (χ1n) is 12.7. The smallest absolute Gasteiger partial charge is 0.264 e. The average Bonchev–Trinajstić information content (AvgIpc) is 2.92. The molecule has 0 radical (unpaired) electrons. The number of benzene rings is 3. The highest BCUT2D eigenvalue weighted by atomic mass is 35.5. The predicted octanol–water partition coefficient (Wildman–Crippen LogP) is 6.48. The summed E-state index contributed by atoms with van der Waals surface area (Å²) >= 11 is 18.7. The van der Waals surface area contributed by atoms with Gasteiger partial charge in [0.05, 0.1) is 20.6 Å². The van der Waals surface area contributed by atoms with Gasteiger partial charge in [0, 0.05) is 17.6 Å². The maximum atomic E-state index is 14.0. The molecular weight excluding hydrogens is 593 g/mol. The zero-order valence-corrected chi connectivity index (χ0v) is 25.8. The third kappa shape index (κ3) is 7.69. The third-order valence-electron chi connectivity index (χ3n) is 6.52. The van der Waals surface area contributed by atoms with Crippen molar-refractivity contribution in [3.05, 3.63) is 92.9 Å². The van der Waals surface area contributed by atoms with Crippen LogP contribution in [0.25, 0.3) is 0 Å². The lowest BCUT2D eigenvalue weighted by Crippen LogP contribution is -2.52. The van der Waals surface area contributed by atoms with Crippen LogP contribution in [0.2, 0.25) is 15.1 Å².